The number of hydrogen-bond acceptors (Lipinski definition) is 1. The van der Waals surface area contributed by atoms with Crippen molar-refractivity contribution in [3.8, 4) is 0 Å². The third kappa shape index (κ3) is 3.34. The second-order valence-electron chi connectivity index (χ2n) is 2.69. The molecule has 0 aliphatic heterocycles. The van der Waals surface area contributed by atoms with Gasteiger partial charge in [-0.05, 0) is 53.1 Å². The first-order chi connectivity index (χ1) is 5.83. The highest BCUT2D eigenvalue weighted by atomic mass is 127. The maximum Gasteiger partial charge on any atom is 0.120 e. The first-order valence-electron chi connectivity index (χ1n) is 4.01. The minimum atomic E-state index is 0.673. The van der Waals surface area contributed by atoms with Gasteiger partial charge in [-0.3, -0.25) is 0 Å². The predicted molar refractivity (Wildman–Crippen MR) is 58.2 cm³/mol. The monoisotopic (exact) mass is 274 g/mol. The summed E-state index contributed by atoms with van der Waals surface area (Å²) in [4.78, 5) is 10.0. The van der Waals surface area contributed by atoms with E-state index in [1.807, 2.05) is 0 Å². The lowest BCUT2D eigenvalue weighted by atomic mass is 10.1. The standard InChI is InChI=1S/C10H11IO/c11-10-6-4-9(5-7-10)3-1-2-8-12/h4-8H,1-3H2. The number of aldehydes is 1. The van der Waals surface area contributed by atoms with Crippen LogP contribution in [0.5, 0.6) is 0 Å². The molecular formula is C10H11IO. The van der Waals surface area contributed by atoms with Gasteiger partial charge in [-0.15, -0.1) is 0 Å². The lowest BCUT2D eigenvalue weighted by Crippen LogP contribution is -1.85. The second kappa shape index (κ2) is 5.30. The van der Waals surface area contributed by atoms with Crippen molar-refractivity contribution in [3.05, 3.63) is 33.4 Å². The maximum atomic E-state index is 10.0. The predicted octanol–water partition coefficient (Wildman–Crippen LogP) is 2.81. The first kappa shape index (κ1) is 9.71. The molecule has 0 saturated carbocycles. The van der Waals surface area contributed by atoms with Crippen LogP contribution < -0.4 is 0 Å². The van der Waals surface area contributed by atoms with Crippen LogP contribution in [0.25, 0.3) is 0 Å². The molecule has 0 saturated heterocycles. The summed E-state index contributed by atoms with van der Waals surface area (Å²) in [6, 6.07) is 8.42. The van der Waals surface area contributed by atoms with Crippen molar-refractivity contribution < 1.29 is 4.79 Å². The number of benzene rings is 1. The molecule has 1 rings (SSSR count). The largest absolute Gasteiger partial charge is 0.303 e. The third-order valence-corrected chi connectivity index (χ3v) is 2.42. The number of rotatable bonds is 4. The van der Waals surface area contributed by atoms with Crippen molar-refractivity contribution in [2.45, 2.75) is 19.3 Å². The van der Waals surface area contributed by atoms with Gasteiger partial charge in [0.2, 0.25) is 0 Å². The van der Waals surface area contributed by atoms with E-state index in [9.17, 15) is 4.79 Å². The fourth-order valence-electron chi connectivity index (χ4n) is 1.04. The fourth-order valence-corrected chi connectivity index (χ4v) is 1.40. The number of unbranched alkanes of at least 4 members (excludes halogenated alkanes) is 1. The zero-order valence-electron chi connectivity index (χ0n) is 6.79. The Morgan fingerprint density at radius 2 is 1.92 bits per heavy atom. The Balaban J connectivity index is 2.42. The van der Waals surface area contributed by atoms with E-state index in [0.29, 0.717) is 6.42 Å². The molecule has 0 heterocycles. The van der Waals surface area contributed by atoms with Crippen molar-refractivity contribution in [2.24, 2.45) is 0 Å². The van der Waals surface area contributed by atoms with Crippen molar-refractivity contribution in [1.82, 2.24) is 0 Å². The molecule has 1 nitrogen and oxygen atoms in total. The van der Waals surface area contributed by atoms with E-state index in [0.717, 1.165) is 19.1 Å². The van der Waals surface area contributed by atoms with E-state index < -0.39 is 0 Å². The number of carbonyl (C=O) groups is 1. The minimum absolute atomic E-state index is 0.673. The van der Waals surface area contributed by atoms with Crippen LogP contribution in [0.15, 0.2) is 24.3 Å². The maximum absolute atomic E-state index is 10.0. The molecule has 0 radical (unpaired) electrons. The summed E-state index contributed by atoms with van der Waals surface area (Å²) in [5.41, 5.74) is 1.32. The average Bonchev–Trinajstić information content (AvgIpc) is 2.09. The molecule has 0 fully saturated rings. The van der Waals surface area contributed by atoms with Gasteiger partial charge in [-0.1, -0.05) is 12.1 Å². The zero-order chi connectivity index (χ0) is 8.81. The number of aryl methyl sites for hydroxylation is 1. The van der Waals surface area contributed by atoms with Crippen molar-refractivity contribution in [1.29, 1.82) is 0 Å². The highest BCUT2D eigenvalue weighted by Gasteiger charge is 1.92. The van der Waals surface area contributed by atoms with E-state index >= 15 is 0 Å². The Kier molecular flexibility index (Phi) is 4.29. The van der Waals surface area contributed by atoms with Crippen LogP contribution in [-0.2, 0) is 11.2 Å². The van der Waals surface area contributed by atoms with Gasteiger partial charge in [0, 0.05) is 9.99 Å². The highest BCUT2D eigenvalue weighted by Crippen LogP contribution is 2.08. The Hall–Kier alpha value is -0.380. The number of halogens is 1. The fraction of sp³-hybridized carbons (Fsp3) is 0.300. The van der Waals surface area contributed by atoms with Crippen molar-refractivity contribution >= 4 is 28.9 Å². The minimum Gasteiger partial charge on any atom is -0.303 e. The van der Waals surface area contributed by atoms with Crippen LogP contribution in [0, 0.1) is 3.57 Å². The highest BCUT2D eigenvalue weighted by molar-refractivity contribution is 14.1. The molecule has 0 aromatic heterocycles. The molecule has 1 aromatic carbocycles. The van der Waals surface area contributed by atoms with Crippen molar-refractivity contribution in [2.75, 3.05) is 0 Å². The van der Waals surface area contributed by atoms with Crippen LogP contribution in [0.3, 0.4) is 0 Å². The quantitative estimate of drug-likeness (QED) is 0.469. The molecule has 64 valence electrons. The van der Waals surface area contributed by atoms with E-state index in [-0.39, 0.29) is 0 Å². The summed E-state index contributed by atoms with van der Waals surface area (Å²) in [5, 5.41) is 0. The summed E-state index contributed by atoms with van der Waals surface area (Å²) in [5.74, 6) is 0. The number of carbonyl (C=O) groups excluding carboxylic acids is 1. The molecule has 0 N–H and O–H groups in total. The van der Waals surface area contributed by atoms with E-state index in [1.165, 1.54) is 9.13 Å². The molecule has 0 unspecified atom stereocenters. The first-order valence-corrected chi connectivity index (χ1v) is 5.09. The van der Waals surface area contributed by atoms with Crippen molar-refractivity contribution in [3.63, 3.8) is 0 Å². The molecule has 0 spiro atoms. The zero-order valence-corrected chi connectivity index (χ0v) is 8.95. The van der Waals surface area contributed by atoms with E-state index in [2.05, 4.69) is 46.9 Å². The lowest BCUT2D eigenvalue weighted by molar-refractivity contribution is -0.107. The summed E-state index contributed by atoms with van der Waals surface area (Å²) >= 11 is 2.29. The normalized spacial score (nSPS) is 9.75. The van der Waals surface area contributed by atoms with Gasteiger partial charge in [0.25, 0.3) is 0 Å². The second-order valence-corrected chi connectivity index (χ2v) is 3.93. The molecule has 0 atom stereocenters. The molecular weight excluding hydrogens is 263 g/mol. The molecule has 0 aliphatic rings. The van der Waals surface area contributed by atoms with Gasteiger partial charge < -0.3 is 4.79 Å². The summed E-state index contributed by atoms with van der Waals surface area (Å²) in [6.07, 6.45) is 3.62. The molecule has 0 bridgehead atoms. The SMILES string of the molecule is O=CCCCc1ccc(I)cc1. The van der Waals surface area contributed by atoms with Gasteiger partial charge in [0.1, 0.15) is 6.29 Å². The Labute approximate surface area is 86.3 Å². The van der Waals surface area contributed by atoms with Gasteiger partial charge in [-0.25, -0.2) is 0 Å². The lowest BCUT2D eigenvalue weighted by Gasteiger charge is -1.98. The molecule has 12 heavy (non-hydrogen) atoms. The third-order valence-electron chi connectivity index (χ3n) is 1.70. The summed E-state index contributed by atoms with van der Waals surface area (Å²) < 4.78 is 1.26. The molecule has 0 aliphatic carbocycles. The van der Waals surface area contributed by atoms with Gasteiger partial charge in [0.15, 0.2) is 0 Å². The van der Waals surface area contributed by atoms with Crippen LogP contribution in [0.2, 0.25) is 0 Å². The van der Waals surface area contributed by atoms with Gasteiger partial charge >= 0.3 is 0 Å². The van der Waals surface area contributed by atoms with Crippen LogP contribution in [0.1, 0.15) is 18.4 Å². The van der Waals surface area contributed by atoms with Gasteiger partial charge in [0.05, 0.1) is 0 Å². The average molecular weight is 274 g/mol. The topological polar surface area (TPSA) is 17.1 Å². The van der Waals surface area contributed by atoms with Crippen LogP contribution in [-0.4, -0.2) is 6.29 Å². The Morgan fingerprint density at radius 1 is 1.25 bits per heavy atom. The van der Waals surface area contributed by atoms with Gasteiger partial charge in [-0.2, -0.15) is 0 Å². The summed E-state index contributed by atoms with van der Waals surface area (Å²) in [7, 11) is 0. The Morgan fingerprint density at radius 3 is 2.50 bits per heavy atom. The van der Waals surface area contributed by atoms with Crippen LogP contribution >= 0.6 is 22.6 Å². The van der Waals surface area contributed by atoms with E-state index in [1.54, 1.807) is 0 Å². The summed E-state index contributed by atoms with van der Waals surface area (Å²) in [6.45, 7) is 0. The molecule has 1 aromatic rings. The Bertz CT molecular complexity index is 241. The smallest absolute Gasteiger partial charge is 0.120 e. The van der Waals surface area contributed by atoms with E-state index in [4.69, 9.17) is 0 Å². The van der Waals surface area contributed by atoms with Crippen LogP contribution in [0.4, 0.5) is 0 Å². The number of hydrogen-bond donors (Lipinski definition) is 0. The molecule has 2 heteroatoms. The molecule has 0 amide bonds.